The molecule has 2 rings (SSSR count). The molecular weight excluding hydrogens is 431 g/mol. The van der Waals surface area contributed by atoms with Gasteiger partial charge in [-0.2, -0.15) is 5.26 Å². The minimum absolute atomic E-state index is 0.0614. The van der Waals surface area contributed by atoms with Gasteiger partial charge in [-0.1, -0.05) is 47.6 Å². The van der Waals surface area contributed by atoms with E-state index < -0.39 is 0 Å². The summed E-state index contributed by atoms with van der Waals surface area (Å²) < 4.78 is 6.50. The molecule has 0 aliphatic rings. The first kappa shape index (κ1) is 18.8. The number of thiocarbonyl (C=S) groups is 1. The third kappa shape index (κ3) is 4.96. The summed E-state index contributed by atoms with van der Waals surface area (Å²) >= 11 is 20.3. The lowest BCUT2D eigenvalue weighted by molar-refractivity contribution is 0.304. The average Bonchev–Trinajstić information content (AvgIpc) is 2.53. The van der Waals surface area contributed by atoms with Crippen LogP contribution in [0.3, 0.4) is 0 Å². The largest absolute Gasteiger partial charge is 0.488 e. The standard InChI is InChI=1S/C17H11BrCl2N2OS/c18-14-6-10(5-12(8-21)17(22)24)1-4-16(14)23-9-11-2-3-13(19)7-15(11)20/h1-7H,9H2,(H2,22,24)/b12-5+. The Balaban J connectivity index is 2.16. The molecule has 0 aliphatic carbocycles. The van der Waals surface area contributed by atoms with Crippen molar-refractivity contribution in [3.63, 3.8) is 0 Å². The van der Waals surface area contributed by atoms with Crippen molar-refractivity contribution in [2.45, 2.75) is 6.61 Å². The summed E-state index contributed by atoms with van der Waals surface area (Å²) in [7, 11) is 0. The molecule has 0 spiro atoms. The molecule has 0 bridgehead atoms. The maximum absolute atomic E-state index is 8.99. The van der Waals surface area contributed by atoms with E-state index in [1.165, 1.54) is 0 Å². The van der Waals surface area contributed by atoms with Crippen LogP contribution in [0.25, 0.3) is 6.08 Å². The Morgan fingerprint density at radius 2 is 2.04 bits per heavy atom. The number of ether oxygens (including phenoxy) is 1. The van der Waals surface area contributed by atoms with Crippen molar-refractivity contribution in [3.8, 4) is 11.8 Å². The smallest absolute Gasteiger partial charge is 0.134 e. The van der Waals surface area contributed by atoms with Gasteiger partial charge in [-0.15, -0.1) is 0 Å². The first-order valence-corrected chi connectivity index (χ1v) is 8.64. The minimum Gasteiger partial charge on any atom is -0.488 e. The van der Waals surface area contributed by atoms with Crippen molar-refractivity contribution in [1.82, 2.24) is 0 Å². The number of hydrogen-bond donors (Lipinski definition) is 1. The van der Waals surface area contributed by atoms with Gasteiger partial charge >= 0.3 is 0 Å². The van der Waals surface area contributed by atoms with E-state index in [0.29, 0.717) is 22.4 Å². The van der Waals surface area contributed by atoms with E-state index in [1.807, 2.05) is 18.2 Å². The Morgan fingerprint density at radius 3 is 2.62 bits per heavy atom. The lowest BCUT2D eigenvalue weighted by Gasteiger charge is -2.10. The molecule has 0 heterocycles. The fourth-order valence-corrected chi connectivity index (χ4v) is 2.92. The van der Waals surface area contributed by atoms with Gasteiger partial charge in [0.1, 0.15) is 23.4 Å². The highest BCUT2D eigenvalue weighted by Gasteiger charge is 2.07. The molecule has 3 nitrogen and oxygen atoms in total. The summed E-state index contributed by atoms with van der Waals surface area (Å²) in [5.41, 5.74) is 7.34. The molecule has 0 atom stereocenters. The predicted octanol–water partition coefficient (Wildman–Crippen LogP) is 5.53. The highest BCUT2D eigenvalue weighted by molar-refractivity contribution is 9.10. The van der Waals surface area contributed by atoms with Crippen LogP contribution < -0.4 is 10.5 Å². The summed E-state index contributed by atoms with van der Waals surface area (Å²) in [4.78, 5) is 0.0614. The highest BCUT2D eigenvalue weighted by Crippen LogP contribution is 2.29. The van der Waals surface area contributed by atoms with Gasteiger partial charge in [0, 0.05) is 15.6 Å². The summed E-state index contributed by atoms with van der Waals surface area (Å²) in [5.74, 6) is 0.645. The molecule has 2 N–H and O–H groups in total. The maximum atomic E-state index is 8.99. The third-order valence-corrected chi connectivity index (χ3v) is 4.48. The van der Waals surface area contributed by atoms with Crippen LogP contribution in [0.2, 0.25) is 10.0 Å². The number of halogens is 3. The van der Waals surface area contributed by atoms with Crippen molar-refractivity contribution in [3.05, 3.63) is 67.6 Å². The van der Waals surface area contributed by atoms with Crippen LogP contribution in [0.4, 0.5) is 0 Å². The molecule has 7 heteroatoms. The van der Waals surface area contributed by atoms with Crippen LogP contribution in [-0.2, 0) is 6.61 Å². The van der Waals surface area contributed by atoms with Gasteiger partial charge in [0.25, 0.3) is 0 Å². The molecule has 0 radical (unpaired) electrons. The normalized spacial score (nSPS) is 11.0. The summed E-state index contributed by atoms with van der Waals surface area (Å²) in [6.45, 7) is 0.306. The van der Waals surface area contributed by atoms with Gasteiger partial charge in [-0.3, -0.25) is 0 Å². The molecule has 0 unspecified atom stereocenters. The molecule has 2 aromatic carbocycles. The third-order valence-electron chi connectivity index (χ3n) is 3.05. The molecule has 0 aromatic heterocycles. The fourth-order valence-electron chi connectivity index (χ4n) is 1.84. The summed E-state index contributed by atoms with van der Waals surface area (Å²) in [6, 6.07) is 12.6. The molecule has 0 amide bonds. The van der Waals surface area contributed by atoms with Crippen molar-refractivity contribution in [2.24, 2.45) is 5.73 Å². The van der Waals surface area contributed by atoms with E-state index in [4.69, 9.17) is 51.2 Å². The van der Waals surface area contributed by atoms with E-state index in [9.17, 15) is 0 Å². The van der Waals surface area contributed by atoms with Crippen molar-refractivity contribution >= 4 is 62.4 Å². The van der Waals surface area contributed by atoms with E-state index in [-0.39, 0.29) is 10.6 Å². The lowest BCUT2D eigenvalue weighted by atomic mass is 10.1. The zero-order chi connectivity index (χ0) is 17.7. The van der Waals surface area contributed by atoms with E-state index in [0.717, 1.165) is 15.6 Å². The van der Waals surface area contributed by atoms with Gasteiger partial charge in [0.2, 0.25) is 0 Å². The first-order valence-electron chi connectivity index (χ1n) is 6.68. The van der Waals surface area contributed by atoms with Crippen LogP contribution >= 0.6 is 51.3 Å². The topological polar surface area (TPSA) is 59.0 Å². The van der Waals surface area contributed by atoms with Gasteiger partial charge in [-0.25, -0.2) is 0 Å². The van der Waals surface area contributed by atoms with Crippen LogP contribution in [-0.4, -0.2) is 4.99 Å². The second-order valence-electron chi connectivity index (χ2n) is 4.75. The zero-order valence-electron chi connectivity index (χ0n) is 12.2. The Morgan fingerprint density at radius 1 is 1.29 bits per heavy atom. The molecule has 122 valence electrons. The summed E-state index contributed by atoms with van der Waals surface area (Å²) in [6.07, 6.45) is 1.62. The number of nitriles is 1. The average molecular weight is 442 g/mol. The van der Waals surface area contributed by atoms with E-state index >= 15 is 0 Å². The second-order valence-corrected chi connectivity index (χ2v) is 6.89. The molecule has 0 saturated carbocycles. The molecular formula is C17H11BrCl2N2OS. The fraction of sp³-hybridized carbons (Fsp3) is 0.0588. The SMILES string of the molecule is N#C/C(=C\c1ccc(OCc2ccc(Cl)cc2Cl)c(Br)c1)C(N)=S. The van der Waals surface area contributed by atoms with Gasteiger partial charge in [-0.05, 0) is 51.8 Å². The van der Waals surface area contributed by atoms with Crippen molar-refractivity contribution < 1.29 is 4.74 Å². The lowest BCUT2D eigenvalue weighted by Crippen LogP contribution is -2.09. The Labute approximate surface area is 163 Å². The van der Waals surface area contributed by atoms with Crippen molar-refractivity contribution in [2.75, 3.05) is 0 Å². The van der Waals surface area contributed by atoms with Crippen LogP contribution in [0, 0.1) is 11.3 Å². The molecule has 2 aromatic rings. The predicted molar refractivity (Wildman–Crippen MR) is 105 cm³/mol. The Kier molecular flexibility index (Phi) is 6.64. The Hall–Kier alpha value is -1.58. The number of nitrogens with two attached hydrogens (primary N) is 1. The minimum atomic E-state index is 0.0614. The Bertz CT molecular complexity index is 862. The quantitative estimate of drug-likeness (QED) is 0.376. The summed E-state index contributed by atoms with van der Waals surface area (Å²) in [5, 5.41) is 10.1. The van der Waals surface area contributed by atoms with Gasteiger partial charge < -0.3 is 10.5 Å². The van der Waals surface area contributed by atoms with Crippen LogP contribution in [0.5, 0.6) is 5.75 Å². The molecule has 0 saturated heterocycles. The maximum Gasteiger partial charge on any atom is 0.134 e. The highest BCUT2D eigenvalue weighted by atomic mass is 79.9. The molecule has 0 fully saturated rings. The monoisotopic (exact) mass is 440 g/mol. The second kappa shape index (κ2) is 8.50. The van der Waals surface area contributed by atoms with E-state index in [1.54, 1.807) is 30.3 Å². The molecule has 24 heavy (non-hydrogen) atoms. The van der Waals surface area contributed by atoms with Gasteiger partial charge in [0.15, 0.2) is 0 Å². The zero-order valence-corrected chi connectivity index (χ0v) is 16.1. The van der Waals surface area contributed by atoms with E-state index in [2.05, 4.69) is 15.9 Å². The van der Waals surface area contributed by atoms with Gasteiger partial charge in [0.05, 0.1) is 10.0 Å². The number of benzene rings is 2. The van der Waals surface area contributed by atoms with Crippen LogP contribution in [0.1, 0.15) is 11.1 Å². The number of hydrogen-bond acceptors (Lipinski definition) is 3. The number of nitrogens with zero attached hydrogens (tertiary/aromatic N) is 1. The van der Waals surface area contributed by atoms with Crippen LogP contribution in [0.15, 0.2) is 46.4 Å². The van der Waals surface area contributed by atoms with Crippen molar-refractivity contribution in [1.29, 1.82) is 5.26 Å². The number of rotatable bonds is 5. The first-order chi connectivity index (χ1) is 11.4. The molecule has 0 aliphatic heterocycles.